The highest BCUT2D eigenvalue weighted by molar-refractivity contribution is 6.37. The van der Waals surface area contributed by atoms with Crippen molar-refractivity contribution in [2.24, 2.45) is 4.99 Å². The van der Waals surface area contributed by atoms with Gasteiger partial charge in [0.15, 0.2) is 0 Å². The molecule has 0 saturated carbocycles. The van der Waals surface area contributed by atoms with Gasteiger partial charge in [0.2, 0.25) is 0 Å². The van der Waals surface area contributed by atoms with E-state index in [-0.39, 0.29) is 12.1 Å². The van der Waals surface area contributed by atoms with E-state index in [4.69, 9.17) is 9.47 Å². The number of esters is 1. The summed E-state index contributed by atoms with van der Waals surface area (Å²) in [7, 11) is 1.68. The van der Waals surface area contributed by atoms with Crippen molar-refractivity contribution in [3.63, 3.8) is 0 Å². The van der Waals surface area contributed by atoms with Crippen molar-refractivity contribution >= 4 is 17.3 Å². The molecule has 4 rings (SSSR count). The number of hydrogen-bond donors (Lipinski definition) is 1. The number of hydrogen-bond acceptors (Lipinski definition) is 6. The van der Waals surface area contributed by atoms with Crippen LogP contribution in [-0.4, -0.2) is 48.3 Å². The molecule has 1 aliphatic heterocycles. The van der Waals surface area contributed by atoms with Crippen molar-refractivity contribution in [2.45, 2.75) is 26.4 Å². The molecule has 0 amide bonds. The SMILES string of the molecule is C/N=C1/C(C(=O)OC(C)C)=C(c2ccccc2)c2ccc(OCCC3=CC=CCN3O)cc21. The number of benzene rings is 2. The molecule has 0 radical (unpaired) electrons. The molecule has 1 heterocycles. The molecule has 0 fully saturated rings. The van der Waals surface area contributed by atoms with Gasteiger partial charge in [-0.05, 0) is 49.2 Å². The number of rotatable bonds is 7. The Hall–Kier alpha value is -3.64. The molecule has 170 valence electrons. The third-order valence-corrected chi connectivity index (χ3v) is 5.50. The second-order valence-corrected chi connectivity index (χ2v) is 8.12. The fourth-order valence-electron chi connectivity index (χ4n) is 4.05. The molecule has 0 unspecified atom stereocenters. The number of aliphatic imine (C=N–C) groups is 1. The average Bonchev–Trinajstić information content (AvgIpc) is 3.14. The maximum Gasteiger partial charge on any atom is 0.341 e. The number of nitrogens with zero attached hydrogens (tertiary/aromatic N) is 2. The molecule has 0 bridgehead atoms. The lowest BCUT2D eigenvalue weighted by atomic mass is 9.97. The summed E-state index contributed by atoms with van der Waals surface area (Å²) in [6.07, 6.45) is 6.02. The van der Waals surface area contributed by atoms with E-state index in [1.54, 1.807) is 7.05 Å². The van der Waals surface area contributed by atoms with Crippen LogP contribution in [0.5, 0.6) is 5.75 Å². The van der Waals surface area contributed by atoms with Gasteiger partial charge in [0.1, 0.15) is 5.75 Å². The van der Waals surface area contributed by atoms with Gasteiger partial charge in [-0.3, -0.25) is 15.3 Å². The van der Waals surface area contributed by atoms with E-state index in [9.17, 15) is 10.0 Å². The Morgan fingerprint density at radius 2 is 1.94 bits per heavy atom. The number of allylic oxidation sites excluding steroid dienone is 2. The molecular weight excluding hydrogens is 416 g/mol. The molecule has 2 aliphatic rings. The third kappa shape index (κ3) is 4.76. The minimum Gasteiger partial charge on any atom is -0.493 e. The first kappa shape index (κ1) is 22.6. The fourth-order valence-corrected chi connectivity index (χ4v) is 4.05. The molecule has 2 aromatic rings. The van der Waals surface area contributed by atoms with Crippen LogP contribution in [0.15, 0.2) is 83.0 Å². The number of ether oxygens (including phenoxy) is 2. The van der Waals surface area contributed by atoms with E-state index in [1.807, 2.05) is 80.6 Å². The van der Waals surface area contributed by atoms with Gasteiger partial charge in [-0.2, -0.15) is 0 Å². The van der Waals surface area contributed by atoms with E-state index < -0.39 is 0 Å². The van der Waals surface area contributed by atoms with Crippen molar-refractivity contribution in [3.05, 3.63) is 94.7 Å². The normalized spacial score (nSPS) is 16.3. The molecule has 6 nitrogen and oxygen atoms in total. The summed E-state index contributed by atoms with van der Waals surface area (Å²) >= 11 is 0. The summed E-state index contributed by atoms with van der Waals surface area (Å²) in [6.45, 7) is 4.56. The van der Waals surface area contributed by atoms with Gasteiger partial charge >= 0.3 is 5.97 Å². The highest BCUT2D eigenvalue weighted by atomic mass is 16.5. The number of carbonyl (C=O) groups is 1. The second kappa shape index (κ2) is 9.88. The molecule has 1 aliphatic carbocycles. The molecular formula is C27H28N2O4. The van der Waals surface area contributed by atoms with Crippen molar-refractivity contribution in [1.82, 2.24) is 5.06 Å². The van der Waals surface area contributed by atoms with Gasteiger partial charge in [-0.1, -0.05) is 42.5 Å². The fraction of sp³-hybridized carbons (Fsp3) is 0.259. The largest absolute Gasteiger partial charge is 0.493 e. The van der Waals surface area contributed by atoms with Gasteiger partial charge in [-0.15, -0.1) is 0 Å². The number of fused-ring (bicyclic) bond motifs is 1. The quantitative estimate of drug-likeness (QED) is 0.622. The molecule has 2 aromatic carbocycles. The van der Waals surface area contributed by atoms with Crippen LogP contribution in [0, 0.1) is 0 Å². The minimum absolute atomic E-state index is 0.238. The maximum atomic E-state index is 13.1. The van der Waals surface area contributed by atoms with Crippen LogP contribution in [0.4, 0.5) is 0 Å². The zero-order chi connectivity index (χ0) is 23.4. The van der Waals surface area contributed by atoms with E-state index in [2.05, 4.69) is 4.99 Å². The lowest BCUT2D eigenvalue weighted by Crippen LogP contribution is -2.22. The Morgan fingerprint density at radius 3 is 2.64 bits per heavy atom. The molecule has 0 atom stereocenters. The summed E-state index contributed by atoms with van der Waals surface area (Å²) in [4.78, 5) is 17.6. The predicted molar refractivity (Wildman–Crippen MR) is 128 cm³/mol. The minimum atomic E-state index is -0.386. The predicted octanol–water partition coefficient (Wildman–Crippen LogP) is 4.79. The van der Waals surface area contributed by atoms with Crippen LogP contribution in [0.3, 0.4) is 0 Å². The molecule has 1 N–H and O–H groups in total. The summed E-state index contributed by atoms with van der Waals surface area (Å²) < 4.78 is 11.6. The summed E-state index contributed by atoms with van der Waals surface area (Å²) in [6, 6.07) is 15.6. The monoisotopic (exact) mass is 444 g/mol. The third-order valence-electron chi connectivity index (χ3n) is 5.50. The summed E-state index contributed by atoms with van der Waals surface area (Å²) in [5.41, 5.74) is 5.39. The Morgan fingerprint density at radius 1 is 1.15 bits per heavy atom. The van der Waals surface area contributed by atoms with Crippen molar-refractivity contribution in [3.8, 4) is 5.75 Å². The first-order valence-corrected chi connectivity index (χ1v) is 11.1. The Balaban J connectivity index is 1.65. The zero-order valence-corrected chi connectivity index (χ0v) is 19.1. The van der Waals surface area contributed by atoms with Crippen molar-refractivity contribution < 1.29 is 19.5 Å². The highest BCUT2D eigenvalue weighted by Crippen LogP contribution is 2.40. The lowest BCUT2D eigenvalue weighted by Gasteiger charge is -2.21. The first-order valence-electron chi connectivity index (χ1n) is 11.1. The van der Waals surface area contributed by atoms with E-state index >= 15 is 0 Å². The van der Waals surface area contributed by atoms with Gasteiger partial charge in [-0.25, -0.2) is 4.79 Å². The summed E-state index contributed by atoms with van der Waals surface area (Å²) in [5, 5.41) is 11.2. The highest BCUT2D eigenvalue weighted by Gasteiger charge is 2.34. The van der Waals surface area contributed by atoms with Crippen LogP contribution in [0.1, 0.15) is 37.0 Å². The Labute approximate surface area is 194 Å². The average molecular weight is 445 g/mol. The van der Waals surface area contributed by atoms with Gasteiger partial charge in [0.25, 0.3) is 0 Å². The standard InChI is InChI=1S/C27H28N2O4/c1-18(2)33-27(30)25-24(19-9-5-4-6-10-19)22-13-12-21(17-23(22)26(25)28-3)32-16-14-20-11-7-8-15-29(20)31/h4-13,17-18,31H,14-16H2,1-3H3/b28-26+. The van der Waals surface area contributed by atoms with E-state index in [0.717, 1.165) is 28.0 Å². The second-order valence-electron chi connectivity index (χ2n) is 8.12. The first-order chi connectivity index (χ1) is 16.0. The Bertz CT molecular complexity index is 1160. The van der Waals surface area contributed by atoms with Crippen LogP contribution in [-0.2, 0) is 9.53 Å². The summed E-state index contributed by atoms with van der Waals surface area (Å²) in [5.74, 6) is 0.292. The maximum absolute atomic E-state index is 13.1. The van der Waals surface area contributed by atoms with Gasteiger partial charge in [0.05, 0.1) is 30.5 Å². The number of carbonyl (C=O) groups excluding carboxylic acids is 1. The smallest absolute Gasteiger partial charge is 0.341 e. The van der Waals surface area contributed by atoms with E-state index in [1.165, 1.54) is 5.06 Å². The molecule has 0 spiro atoms. The molecule has 33 heavy (non-hydrogen) atoms. The topological polar surface area (TPSA) is 71.4 Å². The van der Waals surface area contributed by atoms with Crippen LogP contribution in [0.25, 0.3) is 5.57 Å². The molecule has 0 saturated heterocycles. The van der Waals surface area contributed by atoms with Crippen LogP contribution < -0.4 is 4.74 Å². The van der Waals surface area contributed by atoms with Crippen LogP contribution >= 0.6 is 0 Å². The zero-order valence-electron chi connectivity index (χ0n) is 19.1. The lowest BCUT2D eigenvalue weighted by molar-refractivity contribution is -0.141. The van der Waals surface area contributed by atoms with Gasteiger partial charge < -0.3 is 9.47 Å². The molecule has 0 aromatic heterocycles. The van der Waals surface area contributed by atoms with Crippen molar-refractivity contribution in [1.29, 1.82) is 0 Å². The Kier molecular flexibility index (Phi) is 6.75. The molecule has 6 heteroatoms. The van der Waals surface area contributed by atoms with Gasteiger partial charge in [0, 0.05) is 30.3 Å². The van der Waals surface area contributed by atoms with E-state index in [0.29, 0.717) is 36.6 Å². The number of hydroxylamine groups is 2. The van der Waals surface area contributed by atoms with Crippen molar-refractivity contribution in [2.75, 3.05) is 20.2 Å². The van der Waals surface area contributed by atoms with Crippen LogP contribution in [0.2, 0.25) is 0 Å².